The monoisotopic (exact) mass is 166 g/mol. The second-order valence-corrected chi connectivity index (χ2v) is 2.27. The molecular formula is C8H10N2O2. The van der Waals surface area contributed by atoms with Crippen LogP contribution in [-0.4, -0.2) is 22.9 Å². The van der Waals surface area contributed by atoms with Crippen LogP contribution in [0.15, 0.2) is 12.6 Å². The number of methoxy groups -OCH3 is 1. The van der Waals surface area contributed by atoms with Gasteiger partial charge in [-0.15, -0.1) is 0 Å². The van der Waals surface area contributed by atoms with Crippen molar-refractivity contribution in [3.8, 4) is 0 Å². The minimum Gasteiger partial charge on any atom is -0.464 e. The number of nitrogens with zero attached hydrogens (tertiary/aromatic N) is 2. The van der Waals surface area contributed by atoms with E-state index in [1.165, 1.54) is 11.8 Å². The third kappa shape index (κ3) is 1.37. The maximum absolute atomic E-state index is 11.0. The van der Waals surface area contributed by atoms with Crippen LogP contribution in [0.5, 0.6) is 0 Å². The Balaban J connectivity index is 3.07. The third-order valence-corrected chi connectivity index (χ3v) is 1.50. The van der Waals surface area contributed by atoms with E-state index in [0.717, 1.165) is 0 Å². The molecule has 4 nitrogen and oxygen atoms in total. The molecule has 0 aliphatic carbocycles. The lowest BCUT2D eigenvalue weighted by Crippen LogP contribution is -2.07. The Morgan fingerprint density at radius 1 is 1.83 bits per heavy atom. The summed E-state index contributed by atoms with van der Waals surface area (Å²) in [6.07, 6.45) is 1.58. The lowest BCUT2D eigenvalue weighted by Gasteiger charge is -1.96. The van der Waals surface area contributed by atoms with Crippen molar-refractivity contribution in [3.63, 3.8) is 0 Å². The van der Waals surface area contributed by atoms with Crippen LogP contribution < -0.4 is 0 Å². The summed E-state index contributed by atoms with van der Waals surface area (Å²) in [5.41, 5.74) is 1.09. The van der Waals surface area contributed by atoms with Crippen LogP contribution in [0.2, 0.25) is 0 Å². The SMILES string of the molecule is C=Cc1cc(C(=O)OC)n(C)n1. The van der Waals surface area contributed by atoms with Crippen LogP contribution in [0.25, 0.3) is 6.08 Å². The van der Waals surface area contributed by atoms with Gasteiger partial charge in [-0.25, -0.2) is 4.79 Å². The fourth-order valence-electron chi connectivity index (χ4n) is 0.885. The smallest absolute Gasteiger partial charge is 0.356 e. The van der Waals surface area contributed by atoms with Gasteiger partial charge in [-0.1, -0.05) is 6.58 Å². The summed E-state index contributed by atoms with van der Waals surface area (Å²) in [7, 11) is 3.02. The number of carbonyl (C=O) groups is 1. The van der Waals surface area contributed by atoms with E-state index in [1.54, 1.807) is 19.2 Å². The van der Waals surface area contributed by atoms with Gasteiger partial charge in [0.25, 0.3) is 0 Å². The van der Waals surface area contributed by atoms with Gasteiger partial charge in [-0.2, -0.15) is 5.10 Å². The molecule has 0 N–H and O–H groups in total. The summed E-state index contributed by atoms with van der Waals surface area (Å²) in [6, 6.07) is 1.62. The Kier molecular flexibility index (Phi) is 2.28. The second-order valence-electron chi connectivity index (χ2n) is 2.27. The van der Waals surface area contributed by atoms with E-state index in [1.807, 2.05) is 0 Å². The maximum Gasteiger partial charge on any atom is 0.356 e. The first-order valence-electron chi connectivity index (χ1n) is 3.44. The van der Waals surface area contributed by atoms with Crippen molar-refractivity contribution in [2.45, 2.75) is 0 Å². The van der Waals surface area contributed by atoms with Gasteiger partial charge in [-0.05, 0) is 12.1 Å². The molecule has 0 fully saturated rings. The first-order valence-corrected chi connectivity index (χ1v) is 3.44. The first-order chi connectivity index (χ1) is 5.69. The topological polar surface area (TPSA) is 44.1 Å². The van der Waals surface area contributed by atoms with Crippen molar-refractivity contribution in [2.75, 3.05) is 7.11 Å². The van der Waals surface area contributed by atoms with Gasteiger partial charge in [0.15, 0.2) is 0 Å². The van der Waals surface area contributed by atoms with Crippen molar-refractivity contribution in [2.24, 2.45) is 7.05 Å². The molecule has 12 heavy (non-hydrogen) atoms. The van der Waals surface area contributed by atoms with E-state index in [2.05, 4.69) is 16.4 Å². The van der Waals surface area contributed by atoms with Crippen LogP contribution in [0.3, 0.4) is 0 Å². The number of hydrogen-bond acceptors (Lipinski definition) is 3. The largest absolute Gasteiger partial charge is 0.464 e. The molecule has 0 amide bonds. The molecule has 0 spiro atoms. The van der Waals surface area contributed by atoms with E-state index in [-0.39, 0.29) is 0 Å². The molecular weight excluding hydrogens is 156 g/mol. The molecule has 4 heteroatoms. The number of carbonyl (C=O) groups excluding carboxylic acids is 1. The number of esters is 1. The molecule has 1 aromatic heterocycles. The van der Waals surface area contributed by atoms with Crippen LogP contribution in [0, 0.1) is 0 Å². The number of aryl methyl sites for hydroxylation is 1. The van der Waals surface area contributed by atoms with Crippen molar-refractivity contribution in [1.82, 2.24) is 9.78 Å². The molecule has 1 rings (SSSR count). The highest BCUT2D eigenvalue weighted by molar-refractivity contribution is 5.87. The maximum atomic E-state index is 11.0. The summed E-state index contributed by atoms with van der Waals surface area (Å²) in [5, 5.41) is 4.00. The molecule has 0 aliphatic heterocycles. The lowest BCUT2D eigenvalue weighted by molar-refractivity contribution is 0.0588. The predicted octanol–water partition coefficient (Wildman–Crippen LogP) is 0.850. The number of hydrogen-bond donors (Lipinski definition) is 0. The Bertz CT molecular complexity index is 315. The zero-order valence-corrected chi connectivity index (χ0v) is 7.07. The highest BCUT2D eigenvalue weighted by Gasteiger charge is 2.11. The molecule has 0 atom stereocenters. The second kappa shape index (κ2) is 3.21. The lowest BCUT2D eigenvalue weighted by atomic mass is 10.3. The molecule has 0 saturated carbocycles. The number of ether oxygens (including phenoxy) is 1. The molecule has 0 radical (unpaired) electrons. The van der Waals surface area contributed by atoms with Crippen molar-refractivity contribution in [3.05, 3.63) is 24.0 Å². The minimum absolute atomic E-state index is 0.391. The predicted molar refractivity (Wildman–Crippen MR) is 44.6 cm³/mol. The van der Waals surface area contributed by atoms with E-state index in [4.69, 9.17) is 0 Å². The van der Waals surface area contributed by atoms with Gasteiger partial charge in [-0.3, -0.25) is 4.68 Å². The highest BCUT2D eigenvalue weighted by Crippen LogP contribution is 2.04. The minimum atomic E-state index is -0.391. The van der Waals surface area contributed by atoms with Gasteiger partial charge in [0.05, 0.1) is 12.8 Å². The first kappa shape index (κ1) is 8.52. The average Bonchev–Trinajstić information content (AvgIpc) is 2.45. The summed E-state index contributed by atoms with van der Waals surface area (Å²) in [5.74, 6) is -0.391. The molecule has 0 aromatic carbocycles. The fourth-order valence-corrected chi connectivity index (χ4v) is 0.885. The third-order valence-electron chi connectivity index (χ3n) is 1.50. The van der Waals surface area contributed by atoms with Gasteiger partial charge < -0.3 is 4.74 Å². The zero-order valence-electron chi connectivity index (χ0n) is 7.07. The Labute approximate surface area is 70.4 Å². The summed E-state index contributed by atoms with van der Waals surface area (Å²) in [6.45, 7) is 3.54. The Morgan fingerprint density at radius 3 is 2.92 bits per heavy atom. The van der Waals surface area contributed by atoms with Crippen molar-refractivity contribution in [1.29, 1.82) is 0 Å². The summed E-state index contributed by atoms with van der Waals surface area (Å²) >= 11 is 0. The van der Waals surface area contributed by atoms with Crippen LogP contribution in [-0.2, 0) is 11.8 Å². The van der Waals surface area contributed by atoms with Crippen LogP contribution >= 0.6 is 0 Å². The standard InChI is InChI=1S/C8H10N2O2/c1-4-6-5-7(8(11)12-3)10(2)9-6/h4-5H,1H2,2-3H3. The molecule has 64 valence electrons. The van der Waals surface area contributed by atoms with Gasteiger partial charge in [0.2, 0.25) is 0 Å². The zero-order chi connectivity index (χ0) is 9.14. The normalized spacial score (nSPS) is 9.50. The van der Waals surface area contributed by atoms with Gasteiger partial charge in [0.1, 0.15) is 5.69 Å². The Hall–Kier alpha value is -1.58. The molecule has 0 unspecified atom stereocenters. The molecule has 1 aromatic rings. The van der Waals surface area contributed by atoms with Crippen LogP contribution in [0.4, 0.5) is 0 Å². The summed E-state index contributed by atoms with van der Waals surface area (Å²) < 4.78 is 6.00. The quantitative estimate of drug-likeness (QED) is 0.612. The van der Waals surface area contributed by atoms with Crippen molar-refractivity contribution >= 4 is 12.0 Å². The van der Waals surface area contributed by atoms with E-state index in [9.17, 15) is 4.79 Å². The van der Waals surface area contributed by atoms with E-state index in [0.29, 0.717) is 11.4 Å². The molecule has 0 bridgehead atoms. The molecule has 1 heterocycles. The number of aromatic nitrogens is 2. The molecule has 0 saturated heterocycles. The highest BCUT2D eigenvalue weighted by atomic mass is 16.5. The Morgan fingerprint density at radius 2 is 2.50 bits per heavy atom. The van der Waals surface area contributed by atoms with Gasteiger partial charge >= 0.3 is 5.97 Å². The van der Waals surface area contributed by atoms with Crippen molar-refractivity contribution < 1.29 is 9.53 Å². The van der Waals surface area contributed by atoms with E-state index < -0.39 is 5.97 Å². The number of rotatable bonds is 2. The average molecular weight is 166 g/mol. The summed E-state index contributed by atoms with van der Waals surface area (Å²) in [4.78, 5) is 11.0. The van der Waals surface area contributed by atoms with Gasteiger partial charge in [0, 0.05) is 7.05 Å². The molecule has 0 aliphatic rings. The van der Waals surface area contributed by atoms with Crippen LogP contribution in [0.1, 0.15) is 16.2 Å². The van der Waals surface area contributed by atoms with E-state index >= 15 is 0 Å². The fraction of sp³-hybridized carbons (Fsp3) is 0.250.